The molecule has 34 heavy (non-hydrogen) atoms. The molecule has 3 rings (SSSR count). The Morgan fingerprint density at radius 3 is 2.53 bits per heavy atom. The second-order valence-corrected chi connectivity index (χ2v) is 6.99. The topological polar surface area (TPSA) is 141 Å². The van der Waals surface area contributed by atoms with Crippen molar-refractivity contribution in [3.05, 3.63) is 106 Å². The van der Waals surface area contributed by atoms with Gasteiger partial charge in [-0.05, 0) is 29.3 Å². The Labute approximate surface area is 194 Å². The highest BCUT2D eigenvalue weighted by molar-refractivity contribution is 6.04. The second kappa shape index (κ2) is 11.8. The fraction of sp³-hybridized carbons (Fsp3) is 0.125. The Bertz CT molecular complexity index is 1190. The number of rotatable bonds is 10. The number of carbonyl (C=O) groups is 3. The molecule has 2 amide bonds. The first kappa shape index (κ1) is 23.9. The van der Waals surface area contributed by atoms with Gasteiger partial charge in [-0.2, -0.15) is 0 Å². The lowest BCUT2D eigenvalue weighted by molar-refractivity contribution is -0.384. The van der Waals surface area contributed by atoms with E-state index in [0.717, 1.165) is 5.56 Å². The lowest BCUT2D eigenvalue weighted by atomic mass is 10.1. The third kappa shape index (κ3) is 7.16. The third-order valence-electron chi connectivity index (χ3n) is 4.49. The van der Waals surface area contributed by atoms with Crippen LogP contribution in [0.3, 0.4) is 0 Å². The van der Waals surface area contributed by atoms with Crippen LogP contribution in [0.4, 0.5) is 5.69 Å². The van der Waals surface area contributed by atoms with E-state index in [-0.39, 0.29) is 36.7 Å². The maximum Gasteiger partial charge on any atom is 0.307 e. The van der Waals surface area contributed by atoms with Crippen LogP contribution in [0.5, 0.6) is 0 Å². The zero-order valence-electron chi connectivity index (χ0n) is 17.9. The van der Waals surface area contributed by atoms with Gasteiger partial charge in [-0.3, -0.25) is 24.5 Å². The lowest BCUT2D eigenvalue weighted by Gasteiger charge is -2.10. The van der Waals surface area contributed by atoms with Crippen LogP contribution in [-0.2, 0) is 20.9 Å². The largest absolute Gasteiger partial charge is 0.461 e. The van der Waals surface area contributed by atoms with Crippen molar-refractivity contribution in [1.29, 1.82) is 0 Å². The molecule has 0 fully saturated rings. The minimum atomic E-state index is -0.692. The minimum Gasteiger partial charge on any atom is -0.461 e. The summed E-state index contributed by atoms with van der Waals surface area (Å²) in [6, 6.07) is 17.6. The van der Waals surface area contributed by atoms with Gasteiger partial charge in [0.1, 0.15) is 12.3 Å². The average molecular weight is 463 g/mol. The predicted molar refractivity (Wildman–Crippen MR) is 121 cm³/mol. The summed E-state index contributed by atoms with van der Waals surface area (Å²) in [6.45, 7) is 0.0696. The molecule has 1 heterocycles. The first-order valence-electron chi connectivity index (χ1n) is 10.2. The molecular weight excluding hydrogens is 442 g/mol. The SMILES string of the molecule is O=C(CCNC(=O)/C(=C/c1cccc([N+](=O)[O-])c1)NC(=O)c1ccco1)OCc1ccccc1. The number of ether oxygens (including phenoxy) is 1. The van der Waals surface area contributed by atoms with Crippen molar-refractivity contribution in [2.24, 2.45) is 0 Å². The Kier molecular flexibility index (Phi) is 8.28. The van der Waals surface area contributed by atoms with Crippen molar-refractivity contribution in [2.75, 3.05) is 6.54 Å². The van der Waals surface area contributed by atoms with E-state index in [1.807, 2.05) is 30.3 Å². The maximum atomic E-state index is 12.7. The first-order valence-corrected chi connectivity index (χ1v) is 10.2. The monoisotopic (exact) mass is 463 g/mol. The molecule has 10 heteroatoms. The van der Waals surface area contributed by atoms with Crippen molar-refractivity contribution in [3.8, 4) is 0 Å². The molecule has 0 bridgehead atoms. The minimum absolute atomic E-state index is 0.0257. The van der Waals surface area contributed by atoms with E-state index in [4.69, 9.17) is 9.15 Å². The summed E-state index contributed by atoms with van der Waals surface area (Å²) < 4.78 is 10.2. The molecule has 0 spiro atoms. The number of non-ortho nitro benzene ring substituents is 1. The van der Waals surface area contributed by atoms with Gasteiger partial charge in [0.15, 0.2) is 5.76 Å². The van der Waals surface area contributed by atoms with Crippen LogP contribution in [0.25, 0.3) is 6.08 Å². The van der Waals surface area contributed by atoms with Gasteiger partial charge in [0, 0.05) is 18.7 Å². The molecule has 0 atom stereocenters. The molecule has 0 saturated carbocycles. The molecule has 0 aliphatic carbocycles. The summed E-state index contributed by atoms with van der Waals surface area (Å²) >= 11 is 0. The van der Waals surface area contributed by atoms with Crippen molar-refractivity contribution in [3.63, 3.8) is 0 Å². The number of hydrogen-bond donors (Lipinski definition) is 2. The highest BCUT2D eigenvalue weighted by Crippen LogP contribution is 2.15. The van der Waals surface area contributed by atoms with Crippen molar-refractivity contribution in [2.45, 2.75) is 13.0 Å². The molecule has 0 radical (unpaired) electrons. The molecule has 10 nitrogen and oxygen atoms in total. The smallest absolute Gasteiger partial charge is 0.307 e. The van der Waals surface area contributed by atoms with E-state index < -0.39 is 22.7 Å². The van der Waals surface area contributed by atoms with Crippen LogP contribution >= 0.6 is 0 Å². The number of amides is 2. The number of nitrogens with one attached hydrogen (secondary N) is 2. The highest BCUT2D eigenvalue weighted by Gasteiger charge is 2.17. The Balaban J connectivity index is 1.64. The number of benzene rings is 2. The predicted octanol–water partition coefficient (Wildman–Crippen LogP) is 3.21. The number of furan rings is 1. The molecule has 3 aromatic rings. The van der Waals surface area contributed by atoms with Gasteiger partial charge in [0.2, 0.25) is 0 Å². The van der Waals surface area contributed by atoms with Gasteiger partial charge >= 0.3 is 5.97 Å². The van der Waals surface area contributed by atoms with Crippen LogP contribution in [0.15, 0.2) is 83.1 Å². The Hall–Kier alpha value is -4.73. The standard InChI is InChI=1S/C24H21N3O7/c28-22(34-16-17-6-2-1-3-7-17)11-12-25-23(29)20(26-24(30)21-10-5-13-33-21)15-18-8-4-9-19(14-18)27(31)32/h1-10,13-15H,11-12,16H2,(H,25,29)(H,26,30)/b20-15-. The van der Waals surface area contributed by atoms with Gasteiger partial charge in [0.05, 0.1) is 17.6 Å². The number of esters is 1. The summed E-state index contributed by atoms with van der Waals surface area (Å²) in [5, 5.41) is 16.0. The molecule has 0 aliphatic heterocycles. The summed E-state index contributed by atoms with van der Waals surface area (Å²) in [5.41, 5.74) is 0.802. The molecule has 0 aliphatic rings. The fourth-order valence-electron chi connectivity index (χ4n) is 2.83. The van der Waals surface area contributed by atoms with Crippen LogP contribution in [0.2, 0.25) is 0 Å². The molecule has 2 N–H and O–H groups in total. The zero-order chi connectivity index (χ0) is 24.3. The molecule has 174 valence electrons. The second-order valence-electron chi connectivity index (χ2n) is 6.99. The number of nitro groups is 1. The van der Waals surface area contributed by atoms with Crippen molar-refractivity contribution in [1.82, 2.24) is 10.6 Å². The van der Waals surface area contributed by atoms with Gasteiger partial charge in [-0.15, -0.1) is 0 Å². The van der Waals surface area contributed by atoms with E-state index >= 15 is 0 Å². The number of nitrogens with zero attached hydrogens (tertiary/aromatic N) is 1. The van der Waals surface area contributed by atoms with Crippen LogP contribution in [-0.4, -0.2) is 29.3 Å². The molecule has 0 unspecified atom stereocenters. The number of nitro benzene ring substituents is 1. The highest BCUT2D eigenvalue weighted by atomic mass is 16.6. The average Bonchev–Trinajstić information content (AvgIpc) is 3.38. The third-order valence-corrected chi connectivity index (χ3v) is 4.49. The van der Waals surface area contributed by atoms with E-state index in [9.17, 15) is 24.5 Å². The van der Waals surface area contributed by atoms with E-state index in [1.54, 1.807) is 6.07 Å². The van der Waals surface area contributed by atoms with Gasteiger partial charge in [-0.25, -0.2) is 0 Å². The van der Waals surface area contributed by atoms with Crippen LogP contribution in [0.1, 0.15) is 28.1 Å². The molecule has 2 aromatic carbocycles. The number of carbonyl (C=O) groups excluding carboxylic acids is 3. The Morgan fingerprint density at radius 1 is 1.03 bits per heavy atom. The number of hydrogen-bond acceptors (Lipinski definition) is 7. The Morgan fingerprint density at radius 2 is 1.82 bits per heavy atom. The van der Waals surface area contributed by atoms with E-state index in [2.05, 4.69) is 10.6 Å². The van der Waals surface area contributed by atoms with Crippen LogP contribution < -0.4 is 10.6 Å². The van der Waals surface area contributed by atoms with Crippen molar-refractivity contribution < 1.29 is 28.5 Å². The summed E-state index contributed by atoms with van der Waals surface area (Å²) in [7, 11) is 0. The van der Waals surface area contributed by atoms with E-state index in [1.165, 1.54) is 42.7 Å². The van der Waals surface area contributed by atoms with Gasteiger partial charge in [-0.1, -0.05) is 42.5 Å². The van der Waals surface area contributed by atoms with Crippen molar-refractivity contribution >= 4 is 29.5 Å². The van der Waals surface area contributed by atoms with Crippen LogP contribution in [0, 0.1) is 10.1 Å². The molecule has 0 saturated heterocycles. The molecular formula is C24H21N3O7. The zero-order valence-corrected chi connectivity index (χ0v) is 17.9. The van der Waals surface area contributed by atoms with E-state index in [0.29, 0.717) is 5.56 Å². The summed E-state index contributed by atoms with van der Waals surface area (Å²) in [6.07, 6.45) is 2.51. The molecule has 1 aromatic heterocycles. The van der Waals surface area contributed by atoms with Gasteiger partial charge < -0.3 is 19.8 Å². The lowest BCUT2D eigenvalue weighted by Crippen LogP contribution is -2.35. The maximum absolute atomic E-state index is 12.7. The fourth-order valence-corrected chi connectivity index (χ4v) is 2.83. The normalized spacial score (nSPS) is 10.9. The summed E-state index contributed by atoms with van der Waals surface area (Å²) in [4.78, 5) is 47.5. The summed E-state index contributed by atoms with van der Waals surface area (Å²) in [5.74, 6) is -1.91. The first-order chi connectivity index (χ1) is 16.4. The van der Waals surface area contributed by atoms with Gasteiger partial charge in [0.25, 0.3) is 17.5 Å². The quantitative estimate of drug-likeness (QED) is 0.204.